The highest BCUT2D eigenvalue weighted by Gasteiger charge is 2.87. The smallest absolute Gasteiger partial charge is 0.303 e. The molecule has 166 valence electrons. The number of esters is 1. The average molecular weight is 419 g/mol. The van der Waals surface area contributed by atoms with E-state index < -0.39 is 40.2 Å². The van der Waals surface area contributed by atoms with Crippen LogP contribution >= 0.6 is 0 Å². The second-order valence-corrected chi connectivity index (χ2v) is 10.4. The van der Waals surface area contributed by atoms with Crippen molar-refractivity contribution in [2.75, 3.05) is 7.11 Å². The number of aliphatic hydroxyl groups is 2. The first kappa shape index (κ1) is 21.7. The summed E-state index contributed by atoms with van der Waals surface area (Å²) in [5, 5.41) is 24.0. The number of carbonyl (C=O) groups is 2. The van der Waals surface area contributed by atoms with E-state index in [4.69, 9.17) is 9.47 Å². The van der Waals surface area contributed by atoms with Crippen LogP contribution in [-0.2, 0) is 19.1 Å². The van der Waals surface area contributed by atoms with Gasteiger partial charge in [-0.25, -0.2) is 0 Å². The monoisotopic (exact) mass is 418 g/mol. The van der Waals surface area contributed by atoms with E-state index in [2.05, 4.69) is 0 Å². The van der Waals surface area contributed by atoms with Gasteiger partial charge >= 0.3 is 5.97 Å². The van der Waals surface area contributed by atoms with Crippen molar-refractivity contribution in [3.8, 4) is 0 Å². The second-order valence-electron chi connectivity index (χ2n) is 10.4. The number of hydrogen-bond acceptors (Lipinski definition) is 6. The predicted molar refractivity (Wildman–Crippen MR) is 110 cm³/mol. The van der Waals surface area contributed by atoms with Gasteiger partial charge in [0.05, 0.1) is 5.60 Å². The minimum absolute atomic E-state index is 0.187. The predicted octanol–water partition coefficient (Wildman–Crippen LogP) is 2.57. The molecule has 0 heterocycles. The topological polar surface area (TPSA) is 93.1 Å². The molecule has 4 rings (SSSR count). The summed E-state index contributed by atoms with van der Waals surface area (Å²) in [5.41, 5.74) is -2.93. The Morgan fingerprint density at radius 3 is 2.43 bits per heavy atom. The largest absolute Gasteiger partial charge is 0.456 e. The lowest BCUT2D eigenvalue weighted by Crippen LogP contribution is -2.65. The number of Topliss-reactive ketones (excluding diaryl/α,β-unsaturated/α-hetero) is 1. The van der Waals surface area contributed by atoms with Gasteiger partial charge in [-0.05, 0) is 18.9 Å². The summed E-state index contributed by atoms with van der Waals surface area (Å²) >= 11 is 0. The van der Waals surface area contributed by atoms with Crippen molar-refractivity contribution in [2.24, 2.45) is 29.1 Å². The number of ketones is 1. The van der Waals surface area contributed by atoms with E-state index in [0.29, 0.717) is 12.0 Å². The molecular formula is C24H34O6. The van der Waals surface area contributed by atoms with E-state index in [1.54, 1.807) is 20.1 Å². The highest BCUT2D eigenvalue weighted by Crippen LogP contribution is 2.77. The minimum atomic E-state index is -1.66. The van der Waals surface area contributed by atoms with E-state index in [0.717, 1.165) is 5.57 Å². The van der Waals surface area contributed by atoms with Gasteiger partial charge in [-0.1, -0.05) is 45.4 Å². The first-order chi connectivity index (χ1) is 13.8. The third kappa shape index (κ3) is 2.25. The van der Waals surface area contributed by atoms with Crippen LogP contribution in [0.25, 0.3) is 0 Å². The SMILES string of the molecule is CCC1=C[C@H]2[C@@H]3C(C)(C)[C@]3(OC(C)=O)[C@H](OC)[C@@H](C)[C@]2(O)[C@@H]2C=C(C)C(=O)[C@@]2(O)C1. The number of ether oxygens (including phenoxy) is 2. The molecular weight excluding hydrogens is 384 g/mol. The molecule has 30 heavy (non-hydrogen) atoms. The second kappa shape index (κ2) is 6.27. The Hall–Kier alpha value is -1.50. The van der Waals surface area contributed by atoms with Crippen LogP contribution in [0.2, 0.25) is 0 Å². The molecule has 8 atom stereocenters. The van der Waals surface area contributed by atoms with Gasteiger partial charge < -0.3 is 19.7 Å². The normalized spacial score (nSPS) is 48.6. The standard InChI is InChI=1S/C24H34O6/c1-8-15-10-16-18-21(5,6)24(18,30-14(4)25)20(29-7)13(3)23(16,28)17-9-12(2)19(26)22(17,27)11-15/h9-10,13,16-18,20,27-28H,8,11H2,1-7H3/t13-,16+,17-,18-,20-,22-,23-,24-/m1/s1. The molecule has 0 bridgehead atoms. The lowest BCUT2D eigenvalue weighted by Gasteiger charge is -2.53. The molecule has 2 fully saturated rings. The summed E-state index contributed by atoms with van der Waals surface area (Å²) in [5.74, 6) is -2.48. The molecule has 0 spiro atoms. The van der Waals surface area contributed by atoms with Crippen molar-refractivity contribution >= 4 is 11.8 Å². The van der Waals surface area contributed by atoms with E-state index in [1.807, 2.05) is 33.8 Å². The summed E-state index contributed by atoms with van der Waals surface area (Å²) in [6, 6.07) is 0. The lowest BCUT2D eigenvalue weighted by molar-refractivity contribution is -0.224. The van der Waals surface area contributed by atoms with Crippen LogP contribution in [0.15, 0.2) is 23.3 Å². The maximum atomic E-state index is 13.0. The van der Waals surface area contributed by atoms with Crippen LogP contribution < -0.4 is 0 Å². The summed E-state index contributed by atoms with van der Waals surface area (Å²) < 4.78 is 11.9. The molecule has 2 saturated carbocycles. The maximum Gasteiger partial charge on any atom is 0.303 e. The third-order valence-corrected chi connectivity index (χ3v) is 8.78. The minimum Gasteiger partial charge on any atom is -0.456 e. The van der Waals surface area contributed by atoms with Crippen molar-refractivity contribution in [1.29, 1.82) is 0 Å². The Bertz CT molecular complexity index is 871. The van der Waals surface area contributed by atoms with Crippen molar-refractivity contribution in [1.82, 2.24) is 0 Å². The van der Waals surface area contributed by atoms with Crippen molar-refractivity contribution in [3.63, 3.8) is 0 Å². The van der Waals surface area contributed by atoms with Crippen molar-refractivity contribution in [3.05, 3.63) is 23.3 Å². The third-order valence-electron chi connectivity index (χ3n) is 8.78. The zero-order valence-corrected chi connectivity index (χ0v) is 19.0. The van der Waals surface area contributed by atoms with Crippen molar-refractivity contribution < 1.29 is 29.3 Å². The Morgan fingerprint density at radius 2 is 1.90 bits per heavy atom. The molecule has 0 aromatic rings. The molecule has 2 N–H and O–H groups in total. The fourth-order valence-electron chi connectivity index (χ4n) is 7.39. The molecule has 6 nitrogen and oxygen atoms in total. The van der Waals surface area contributed by atoms with Gasteiger partial charge in [-0.15, -0.1) is 0 Å². The van der Waals surface area contributed by atoms with Crippen LogP contribution in [0.4, 0.5) is 0 Å². The fourth-order valence-corrected chi connectivity index (χ4v) is 7.39. The highest BCUT2D eigenvalue weighted by atomic mass is 16.6. The Balaban J connectivity index is 1.96. The molecule has 0 aromatic carbocycles. The van der Waals surface area contributed by atoms with E-state index in [9.17, 15) is 19.8 Å². The van der Waals surface area contributed by atoms with Gasteiger partial charge in [0.25, 0.3) is 0 Å². The molecule has 0 amide bonds. The number of carbonyl (C=O) groups excluding carboxylic acids is 2. The van der Waals surface area contributed by atoms with Gasteiger partial charge in [0.15, 0.2) is 5.78 Å². The summed E-state index contributed by atoms with van der Waals surface area (Å²) in [7, 11) is 1.57. The van der Waals surface area contributed by atoms with Crippen molar-refractivity contribution in [2.45, 2.75) is 77.3 Å². The quantitative estimate of drug-likeness (QED) is 0.541. The molecule has 0 unspecified atom stereocenters. The van der Waals surface area contributed by atoms with Crippen LogP contribution in [-0.4, -0.2) is 52.0 Å². The van der Waals surface area contributed by atoms with Crippen LogP contribution in [0.1, 0.15) is 54.4 Å². The molecule has 0 radical (unpaired) electrons. The first-order valence-corrected chi connectivity index (χ1v) is 10.9. The average Bonchev–Trinajstić information content (AvgIpc) is 3.07. The van der Waals surface area contributed by atoms with Crippen LogP contribution in [0.3, 0.4) is 0 Å². The molecule has 0 aliphatic heterocycles. The number of fused-ring (bicyclic) bond motifs is 5. The number of rotatable bonds is 3. The molecule has 6 heteroatoms. The van der Waals surface area contributed by atoms with E-state index in [-0.39, 0.29) is 30.0 Å². The van der Waals surface area contributed by atoms with Gasteiger partial charge in [0.1, 0.15) is 17.3 Å². The maximum absolute atomic E-state index is 13.0. The Labute approximate surface area is 178 Å². The summed E-state index contributed by atoms with van der Waals surface area (Å²) in [6.07, 6.45) is 4.11. The molecule has 0 saturated heterocycles. The molecule has 4 aliphatic carbocycles. The first-order valence-electron chi connectivity index (χ1n) is 10.9. The van der Waals surface area contributed by atoms with Gasteiger partial charge in [-0.2, -0.15) is 0 Å². The Kier molecular flexibility index (Phi) is 4.54. The highest BCUT2D eigenvalue weighted by molar-refractivity contribution is 6.04. The van der Waals surface area contributed by atoms with Gasteiger partial charge in [0.2, 0.25) is 0 Å². The number of methoxy groups -OCH3 is 1. The number of hydrogen-bond donors (Lipinski definition) is 2. The lowest BCUT2D eigenvalue weighted by atomic mass is 9.59. The van der Waals surface area contributed by atoms with E-state index >= 15 is 0 Å². The van der Waals surface area contributed by atoms with Crippen LogP contribution in [0.5, 0.6) is 0 Å². The zero-order valence-electron chi connectivity index (χ0n) is 19.0. The summed E-state index contributed by atoms with van der Waals surface area (Å²) in [6.45, 7) is 11.1. The molecule has 4 aliphatic rings. The van der Waals surface area contributed by atoms with Gasteiger partial charge in [-0.3, -0.25) is 9.59 Å². The summed E-state index contributed by atoms with van der Waals surface area (Å²) in [4.78, 5) is 25.1. The van der Waals surface area contributed by atoms with Gasteiger partial charge in [0, 0.05) is 49.5 Å². The Morgan fingerprint density at radius 1 is 1.27 bits per heavy atom. The molecule has 0 aromatic heterocycles. The van der Waals surface area contributed by atoms with Crippen LogP contribution in [0, 0.1) is 29.1 Å². The fraction of sp³-hybridized carbons (Fsp3) is 0.750. The zero-order chi connectivity index (χ0) is 22.4. The van der Waals surface area contributed by atoms with E-state index in [1.165, 1.54) is 6.92 Å².